The van der Waals surface area contributed by atoms with Crippen LogP contribution in [0.3, 0.4) is 0 Å². The predicted octanol–water partition coefficient (Wildman–Crippen LogP) is 0.442. The highest BCUT2D eigenvalue weighted by Gasteiger charge is 2.43. The van der Waals surface area contributed by atoms with Crippen molar-refractivity contribution in [2.45, 2.75) is 6.42 Å². The number of ether oxygens (including phenoxy) is 2. The first-order valence-corrected chi connectivity index (χ1v) is 3.36. The van der Waals surface area contributed by atoms with Crippen LogP contribution in [0.4, 0.5) is 0 Å². The molecule has 0 radical (unpaired) electrons. The Morgan fingerprint density at radius 1 is 1.60 bits per heavy atom. The topological polar surface area (TPSA) is 35.5 Å². The van der Waals surface area contributed by atoms with Gasteiger partial charge in [0.2, 0.25) is 0 Å². The van der Waals surface area contributed by atoms with E-state index in [1.807, 2.05) is 0 Å². The van der Waals surface area contributed by atoms with E-state index in [9.17, 15) is 4.79 Å². The van der Waals surface area contributed by atoms with Crippen LogP contribution < -0.4 is 0 Å². The smallest absolute Gasteiger partial charge is 0.309 e. The van der Waals surface area contributed by atoms with Gasteiger partial charge in [-0.15, -0.1) is 0 Å². The van der Waals surface area contributed by atoms with Crippen LogP contribution in [0.1, 0.15) is 6.42 Å². The van der Waals surface area contributed by atoms with Crippen molar-refractivity contribution < 1.29 is 14.3 Å². The van der Waals surface area contributed by atoms with Crippen molar-refractivity contribution in [2.75, 3.05) is 20.8 Å². The van der Waals surface area contributed by atoms with Gasteiger partial charge >= 0.3 is 5.97 Å². The predicted molar refractivity (Wildman–Crippen MR) is 35.5 cm³/mol. The highest BCUT2D eigenvalue weighted by atomic mass is 16.5. The zero-order valence-corrected chi connectivity index (χ0v) is 6.29. The Labute approximate surface area is 60.3 Å². The molecule has 58 valence electrons. The summed E-state index contributed by atoms with van der Waals surface area (Å²) in [5.74, 6) is 0.435. The largest absolute Gasteiger partial charge is 0.469 e. The molecule has 0 N–H and O–H groups in total. The van der Waals surface area contributed by atoms with Crippen LogP contribution in [0, 0.1) is 11.8 Å². The molecule has 0 saturated heterocycles. The van der Waals surface area contributed by atoms with Gasteiger partial charge in [0.15, 0.2) is 0 Å². The molecule has 0 aromatic carbocycles. The summed E-state index contributed by atoms with van der Waals surface area (Å²) >= 11 is 0. The fourth-order valence-corrected chi connectivity index (χ4v) is 1.09. The molecule has 1 aliphatic carbocycles. The first kappa shape index (κ1) is 7.54. The molecule has 0 heterocycles. The highest BCUT2D eigenvalue weighted by molar-refractivity contribution is 5.75. The summed E-state index contributed by atoms with van der Waals surface area (Å²) in [6, 6.07) is 0. The minimum Gasteiger partial charge on any atom is -0.469 e. The molecule has 0 bridgehead atoms. The van der Waals surface area contributed by atoms with Gasteiger partial charge in [0.25, 0.3) is 0 Å². The SMILES string of the molecule is COCC1CC1C(=O)OC. The van der Waals surface area contributed by atoms with E-state index in [-0.39, 0.29) is 11.9 Å². The summed E-state index contributed by atoms with van der Waals surface area (Å²) in [5, 5.41) is 0. The molecule has 3 nitrogen and oxygen atoms in total. The highest BCUT2D eigenvalue weighted by Crippen LogP contribution is 2.39. The average Bonchev–Trinajstić information content (AvgIpc) is 2.67. The Bertz CT molecular complexity index is 133. The van der Waals surface area contributed by atoms with Crippen LogP contribution in [-0.4, -0.2) is 26.8 Å². The fraction of sp³-hybridized carbons (Fsp3) is 0.857. The van der Waals surface area contributed by atoms with E-state index in [2.05, 4.69) is 4.74 Å². The van der Waals surface area contributed by atoms with Crippen LogP contribution in [-0.2, 0) is 14.3 Å². The maximum Gasteiger partial charge on any atom is 0.309 e. The Balaban J connectivity index is 2.18. The van der Waals surface area contributed by atoms with Gasteiger partial charge in [0.05, 0.1) is 13.0 Å². The summed E-state index contributed by atoms with van der Waals surface area (Å²) in [7, 11) is 3.07. The first-order chi connectivity index (χ1) is 4.79. The van der Waals surface area contributed by atoms with Gasteiger partial charge < -0.3 is 9.47 Å². The number of carbonyl (C=O) groups is 1. The number of rotatable bonds is 3. The molecule has 0 aromatic heterocycles. The number of hydrogen-bond donors (Lipinski definition) is 0. The lowest BCUT2D eigenvalue weighted by atomic mass is 10.3. The van der Waals surface area contributed by atoms with Gasteiger partial charge in [0, 0.05) is 13.7 Å². The lowest BCUT2D eigenvalue weighted by Crippen LogP contribution is -2.06. The third-order valence-corrected chi connectivity index (χ3v) is 1.81. The quantitative estimate of drug-likeness (QED) is 0.539. The van der Waals surface area contributed by atoms with Gasteiger partial charge in [-0.25, -0.2) is 0 Å². The molecule has 10 heavy (non-hydrogen) atoms. The van der Waals surface area contributed by atoms with Gasteiger partial charge in [-0.2, -0.15) is 0 Å². The molecule has 0 aromatic rings. The summed E-state index contributed by atoms with van der Waals surface area (Å²) in [6.07, 6.45) is 0.931. The van der Waals surface area contributed by atoms with Crippen LogP contribution in [0.15, 0.2) is 0 Å². The van der Waals surface area contributed by atoms with Gasteiger partial charge in [-0.3, -0.25) is 4.79 Å². The van der Waals surface area contributed by atoms with E-state index in [0.717, 1.165) is 6.42 Å². The molecule has 0 aliphatic heterocycles. The van der Waals surface area contributed by atoms with Gasteiger partial charge in [-0.1, -0.05) is 0 Å². The number of methoxy groups -OCH3 is 2. The third kappa shape index (κ3) is 1.48. The van der Waals surface area contributed by atoms with Crippen molar-refractivity contribution in [3.8, 4) is 0 Å². The van der Waals surface area contributed by atoms with Crippen molar-refractivity contribution in [1.82, 2.24) is 0 Å². The summed E-state index contributed by atoms with van der Waals surface area (Å²) in [6.45, 7) is 0.680. The van der Waals surface area contributed by atoms with Crippen LogP contribution in [0.25, 0.3) is 0 Å². The zero-order chi connectivity index (χ0) is 7.56. The molecule has 1 aliphatic rings. The maximum atomic E-state index is 10.8. The second-order valence-electron chi connectivity index (χ2n) is 2.58. The van der Waals surface area contributed by atoms with Crippen molar-refractivity contribution in [3.05, 3.63) is 0 Å². The second-order valence-corrected chi connectivity index (χ2v) is 2.58. The van der Waals surface area contributed by atoms with Gasteiger partial charge in [-0.05, 0) is 12.3 Å². The van der Waals surface area contributed by atoms with E-state index in [1.54, 1.807) is 7.11 Å². The summed E-state index contributed by atoms with van der Waals surface area (Å²) in [4.78, 5) is 10.8. The lowest BCUT2D eigenvalue weighted by Gasteiger charge is -1.95. The van der Waals surface area contributed by atoms with E-state index >= 15 is 0 Å². The lowest BCUT2D eigenvalue weighted by molar-refractivity contribution is -0.142. The number of carbonyl (C=O) groups excluding carboxylic acids is 1. The Morgan fingerprint density at radius 2 is 2.30 bits per heavy atom. The molecule has 0 spiro atoms. The maximum absolute atomic E-state index is 10.8. The Kier molecular flexibility index (Phi) is 2.27. The van der Waals surface area contributed by atoms with Crippen molar-refractivity contribution >= 4 is 5.97 Å². The molecule has 2 atom stereocenters. The van der Waals surface area contributed by atoms with E-state index < -0.39 is 0 Å². The monoisotopic (exact) mass is 144 g/mol. The van der Waals surface area contributed by atoms with E-state index in [4.69, 9.17) is 4.74 Å². The van der Waals surface area contributed by atoms with Crippen LogP contribution in [0.5, 0.6) is 0 Å². The zero-order valence-electron chi connectivity index (χ0n) is 6.29. The third-order valence-electron chi connectivity index (χ3n) is 1.81. The van der Waals surface area contributed by atoms with E-state index in [0.29, 0.717) is 12.5 Å². The summed E-state index contributed by atoms with van der Waals surface area (Å²) < 4.78 is 9.44. The first-order valence-electron chi connectivity index (χ1n) is 3.36. The second kappa shape index (κ2) is 3.01. The van der Waals surface area contributed by atoms with Gasteiger partial charge in [0.1, 0.15) is 0 Å². The Morgan fingerprint density at radius 3 is 2.80 bits per heavy atom. The minimum atomic E-state index is -0.0953. The van der Waals surface area contributed by atoms with Crippen LogP contribution in [0.2, 0.25) is 0 Å². The molecule has 1 saturated carbocycles. The fourth-order valence-electron chi connectivity index (χ4n) is 1.09. The van der Waals surface area contributed by atoms with Crippen molar-refractivity contribution in [2.24, 2.45) is 11.8 Å². The summed E-state index contributed by atoms with van der Waals surface area (Å²) in [5.41, 5.74) is 0. The molecule has 1 fully saturated rings. The molecule has 2 unspecified atom stereocenters. The Hall–Kier alpha value is -0.570. The molecule has 0 amide bonds. The number of hydrogen-bond acceptors (Lipinski definition) is 3. The van der Waals surface area contributed by atoms with Crippen molar-refractivity contribution in [1.29, 1.82) is 0 Å². The normalized spacial score (nSPS) is 29.8. The number of esters is 1. The molecule has 3 heteroatoms. The molecule has 1 rings (SSSR count). The van der Waals surface area contributed by atoms with Crippen LogP contribution >= 0.6 is 0 Å². The standard InChI is InChI=1S/C7H12O3/c1-9-4-5-3-6(5)7(8)10-2/h5-6H,3-4H2,1-2H3. The van der Waals surface area contributed by atoms with Crippen molar-refractivity contribution in [3.63, 3.8) is 0 Å². The molecular weight excluding hydrogens is 132 g/mol. The minimum absolute atomic E-state index is 0.0953. The molecular formula is C7H12O3. The van der Waals surface area contributed by atoms with E-state index in [1.165, 1.54) is 7.11 Å². The average molecular weight is 144 g/mol.